The van der Waals surface area contributed by atoms with Crippen LogP contribution in [0.15, 0.2) is 18.2 Å². The zero-order chi connectivity index (χ0) is 20.5. The van der Waals surface area contributed by atoms with Crippen LogP contribution >= 0.6 is 0 Å². The normalized spacial score (nSPS) is 24.9. The molecule has 0 N–H and O–H groups in total. The van der Waals surface area contributed by atoms with Gasteiger partial charge in [0.05, 0.1) is 32.4 Å². The Bertz CT molecular complexity index is 703. The van der Waals surface area contributed by atoms with Crippen LogP contribution < -0.4 is 9.47 Å². The summed E-state index contributed by atoms with van der Waals surface area (Å²) in [5, 5.41) is 0. The van der Waals surface area contributed by atoms with Gasteiger partial charge < -0.3 is 18.9 Å². The Morgan fingerprint density at radius 2 is 1.89 bits per heavy atom. The van der Waals surface area contributed by atoms with E-state index in [1.165, 1.54) is 0 Å². The minimum Gasteiger partial charge on any atom is -0.497 e. The van der Waals surface area contributed by atoms with Gasteiger partial charge in [0.2, 0.25) is 0 Å². The molecule has 2 fully saturated rings. The summed E-state index contributed by atoms with van der Waals surface area (Å²) in [5.41, 5.74) is 0.592. The first-order valence-electron chi connectivity index (χ1n) is 9.73. The number of amides is 1. The van der Waals surface area contributed by atoms with E-state index in [9.17, 15) is 4.79 Å². The molecule has 156 valence electrons. The Kier molecular flexibility index (Phi) is 6.05. The van der Waals surface area contributed by atoms with Gasteiger partial charge in [0, 0.05) is 38.4 Å². The van der Waals surface area contributed by atoms with Crippen LogP contribution in [-0.4, -0.2) is 74.1 Å². The lowest BCUT2D eigenvalue weighted by Gasteiger charge is -2.41. The second kappa shape index (κ2) is 8.17. The van der Waals surface area contributed by atoms with Crippen molar-refractivity contribution >= 4 is 6.09 Å². The van der Waals surface area contributed by atoms with Crippen molar-refractivity contribution in [3.8, 4) is 11.5 Å². The number of nitrogens with zero attached hydrogens (tertiary/aromatic N) is 2. The molecule has 7 heteroatoms. The third-order valence-electron chi connectivity index (χ3n) is 5.39. The summed E-state index contributed by atoms with van der Waals surface area (Å²) in [6.45, 7) is 7.96. The average Bonchev–Trinajstić information content (AvgIpc) is 2.87. The van der Waals surface area contributed by atoms with Crippen molar-refractivity contribution in [1.82, 2.24) is 9.80 Å². The van der Waals surface area contributed by atoms with E-state index in [2.05, 4.69) is 4.90 Å². The van der Waals surface area contributed by atoms with E-state index in [1.54, 1.807) is 21.3 Å². The summed E-state index contributed by atoms with van der Waals surface area (Å²) in [4.78, 5) is 17.0. The van der Waals surface area contributed by atoms with Crippen molar-refractivity contribution in [2.24, 2.45) is 0 Å². The molecule has 0 aromatic heterocycles. The minimum absolute atomic E-state index is 0.0113. The molecule has 7 nitrogen and oxygen atoms in total. The second-order valence-electron chi connectivity index (χ2n) is 8.49. The quantitative estimate of drug-likeness (QED) is 0.768. The van der Waals surface area contributed by atoms with Crippen LogP contribution in [0.3, 0.4) is 0 Å². The number of ether oxygens (including phenoxy) is 4. The molecule has 1 amide bonds. The average molecular weight is 392 g/mol. The molecule has 0 radical (unpaired) electrons. The van der Waals surface area contributed by atoms with E-state index in [0.29, 0.717) is 0 Å². The number of benzene rings is 1. The van der Waals surface area contributed by atoms with Crippen molar-refractivity contribution < 1.29 is 23.7 Å². The molecule has 2 heterocycles. The van der Waals surface area contributed by atoms with Crippen molar-refractivity contribution in [2.75, 3.05) is 34.4 Å². The molecule has 28 heavy (non-hydrogen) atoms. The third-order valence-corrected chi connectivity index (χ3v) is 5.39. The number of likely N-dealkylation sites (tertiary alicyclic amines) is 1. The van der Waals surface area contributed by atoms with E-state index in [4.69, 9.17) is 18.9 Å². The van der Waals surface area contributed by atoms with Crippen LogP contribution in [0.5, 0.6) is 11.5 Å². The van der Waals surface area contributed by atoms with Gasteiger partial charge in [-0.1, -0.05) is 6.07 Å². The minimum atomic E-state index is -0.507. The lowest BCUT2D eigenvalue weighted by Crippen LogP contribution is -2.57. The maximum atomic E-state index is 12.8. The maximum Gasteiger partial charge on any atom is 0.410 e. The fraction of sp³-hybridized carbons (Fsp3) is 0.667. The summed E-state index contributed by atoms with van der Waals surface area (Å²) in [6, 6.07) is 5.96. The standard InChI is InChI=1S/C21H32N2O5/c1-21(2,3)28-20(24)23-15-9-19(27-6)17(23)13-22(12-15)11-14-7-8-16(25-4)10-18(14)26-5/h7-8,10,15,17,19H,9,11-13H2,1-6H3/t15-,17-,19-/m1/s1. The highest BCUT2D eigenvalue weighted by atomic mass is 16.6. The number of piperazine rings is 1. The Morgan fingerprint density at radius 3 is 2.50 bits per heavy atom. The highest BCUT2D eigenvalue weighted by molar-refractivity contribution is 5.70. The predicted octanol–water partition coefficient (Wildman–Crippen LogP) is 2.91. The van der Waals surface area contributed by atoms with Crippen LogP contribution in [0.4, 0.5) is 4.79 Å². The Labute approximate surface area is 167 Å². The first kappa shape index (κ1) is 20.7. The number of hydrogen-bond donors (Lipinski definition) is 0. The molecule has 0 saturated carbocycles. The van der Waals surface area contributed by atoms with Crippen LogP contribution in [0.1, 0.15) is 32.8 Å². The van der Waals surface area contributed by atoms with E-state index in [-0.39, 0.29) is 24.3 Å². The molecule has 1 aromatic carbocycles. The Hall–Kier alpha value is -1.99. The van der Waals surface area contributed by atoms with Crippen LogP contribution in [0.2, 0.25) is 0 Å². The largest absolute Gasteiger partial charge is 0.497 e. The Balaban J connectivity index is 1.74. The second-order valence-corrected chi connectivity index (χ2v) is 8.49. The van der Waals surface area contributed by atoms with Gasteiger partial charge in [0.25, 0.3) is 0 Å². The van der Waals surface area contributed by atoms with E-state index < -0.39 is 5.60 Å². The van der Waals surface area contributed by atoms with Gasteiger partial charge in [-0.25, -0.2) is 4.79 Å². The summed E-state index contributed by atoms with van der Waals surface area (Å²) in [5.74, 6) is 1.58. The lowest BCUT2D eigenvalue weighted by molar-refractivity contribution is -0.0189. The van der Waals surface area contributed by atoms with E-state index in [1.807, 2.05) is 43.9 Å². The highest BCUT2D eigenvalue weighted by Crippen LogP contribution is 2.35. The van der Waals surface area contributed by atoms with Crippen LogP contribution in [-0.2, 0) is 16.0 Å². The molecule has 3 rings (SSSR count). The number of methoxy groups -OCH3 is 3. The Morgan fingerprint density at radius 1 is 1.14 bits per heavy atom. The smallest absolute Gasteiger partial charge is 0.410 e. The summed E-state index contributed by atoms with van der Waals surface area (Å²) in [6.07, 6.45) is 0.612. The van der Waals surface area contributed by atoms with Gasteiger partial charge in [0.1, 0.15) is 17.1 Å². The van der Waals surface area contributed by atoms with Crippen molar-refractivity contribution in [1.29, 1.82) is 0 Å². The summed E-state index contributed by atoms with van der Waals surface area (Å²) >= 11 is 0. The molecule has 0 spiro atoms. The lowest BCUT2D eigenvalue weighted by atomic mass is 10.1. The molecule has 0 unspecified atom stereocenters. The number of carbonyl (C=O) groups excluding carboxylic acids is 1. The van der Waals surface area contributed by atoms with Crippen molar-refractivity contribution in [2.45, 2.75) is 57.5 Å². The van der Waals surface area contributed by atoms with Gasteiger partial charge in [-0.05, 0) is 33.3 Å². The van der Waals surface area contributed by atoms with Crippen LogP contribution in [0, 0.1) is 0 Å². The molecular formula is C21H32N2O5. The summed E-state index contributed by atoms with van der Waals surface area (Å²) in [7, 11) is 5.03. The van der Waals surface area contributed by atoms with Gasteiger partial charge in [-0.2, -0.15) is 0 Å². The predicted molar refractivity (Wildman–Crippen MR) is 106 cm³/mol. The fourth-order valence-electron chi connectivity index (χ4n) is 4.20. The van der Waals surface area contributed by atoms with Gasteiger partial charge in [-0.3, -0.25) is 9.80 Å². The molecule has 2 aliphatic heterocycles. The molecule has 2 bridgehead atoms. The monoisotopic (exact) mass is 392 g/mol. The zero-order valence-corrected chi connectivity index (χ0v) is 17.7. The molecule has 0 aliphatic carbocycles. The molecule has 1 aromatic rings. The topological polar surface area (TPSA) is 60.5 Å². The number of rotatable bonds is 5. The molecular weight excluding hydrogens is 360 g/mol. The summed E-state index contributed by atoms with van der Waals surface area (Å²) < 4.78 is 22.2. The van der Waals surface area contributed by atoms with Gasteiger partial charge in [0.15, 0.2) is 0 Å². The molecule has 3 atom stereocenters. The maximum absolute atomic E-state index is 12.8. The molecule has 2 saturated heterocycles. The van der Waals surface area contributed by atoms with Crippen LogP contribution in [0.25, 0.3) is 0 Å². The number of fused-ring (bicyclic) bond motifs is 2. The zero-order valence-electron chi connectivity index (χ0n) is 17.7. The van der Waals surface area contributed by atoms with E-state index in [0.717, 1.165) is 43.1 Å². The van der Waals surface area contributed by atoms with Crippen molar-refractivity contribution in [3.05, 3.63) is 23.8 Å². The first-order valence-corrected chi connectivity index (χ1v) is 9.73. The SMILES string of the molecule is COc1ccc(CN2C[C@H]3C[C@@H](OC)[C@@H](C2)N3C(=O)OC(C)(C)C)c(OC)c1. The first-order chi connectivity index (χ1) is 13.3. The van der Waals surface area contributed by atoms with Crippen molar-refractivity contribution in [3.63, 3.8) is 0 Å². The fourth-order valence-corrected chi connectivity index (χ4v) is 4.20. The third kappa shape index (κ3) is 4.36. The highest BCUT2D eigenvalue weighted by Gasteiger charge is 2.50. The van der Waals surface area contributed by atoms with E-state index >= 15 is 0 Å². The number of carbonyl (C=O) groups is 1. The number of hydrogen-bond acceptors (Lipinski definition) is 6. The molecule has 2 aliphatic rings. The van der Waals surface area contributed by atoms with Gasteiger partial charge >= 0.3 is 6.09 Å². The van der Waals surface area contributed by atoms with Gasteiger partial charge in [-0.15, -0.1) is 0 Å².